The summed E-state index contributed by atoms with van der Waals surface area (Å²) in [6.45, 7) is 3.53. The lowest BCUT2D eigenvalue weighted by Crippen LogP contribution is -2.60. The van der Waals surface area contributed by atoms with Gasteiger partial charge in [0.1, 0.15) is 36.6 Å². The molecule has 1 aliphatic rings. The van der Waals surface area contributed by atoms with Gasteiger partial charge in [-0.25, -0.2) is 0 Å². The van der Waals surface area contributed by atoms with E-state index in [2.05, 4.69) is 43.5 Å². The Morgan fingerprint density at radius 2 is 0.678 bits per heavy atom. The van der Waals surface area contributed by atoms with Gasteiger partial charge in [-0.15, -0.1) is 0 Å². The van der Waals surface area contributed by atoms with Crippen molar-refractivity contribution in [2.24, 2.45) is 0 Å². The van der Waals surface area contributed by atoms with E-state index in [1.807, 2.05) is 0 Å². The van der Waals surface area contributed by atoms with Crippen molar-refractivity contribution < 1.29 is 50.0 Å². The number of carbonyl (C=O) groups excluding carboxylic acids is 1. The van der Waals surface area contributed by atoms with Crippen LogP contribution in [0.25, 0.3) is 0 Å². The number of hydrogen-bond donors (Lipinski definition) is 8. The number of aliphatic hydroxyl groups excluding tert-OH is 7. The molecule has 8 N–H and O–H groups in total. The van der Waals surface area contributed by atoms with Crippen molar-refractivity contribution in [2.75, 3.05) is 13.2 Å². The number of ether oxygens (including phenoxy) is 2. The Morgan fingerprint density at radius 3 is 0.989 bits per heavy atom. The lowest BCUT2D eigenvalue weighted by Gasteiger charge is -2.40. The van der Waals surface area contributed by atoms with Crippen LogP contribution in [0.5, 0.6) is 0 Å². The summed E-state index contributed by atoms with van der Waals surface area (Å²) < 4.78 is 11.2. The summed E-state index contributed by atoms with van der Waals surface area (Å²) >= 11 is 0. The summed E-state index contributed by atoms with van der Waals surface area (Å²) in [5.41, 5.74) is 0. The zero-order valence-electron chi connectivity index (χ0n) is 59.4. The third-order valence-corrected chi connectivity index (χ3v) is 19.5. The van der Waals surface area contributed by atoms with Crippen LogP contribution in [0, 0.1) is 0 Å². The molecule has 1 rings (SSSR count). The zero-order chi connectivity index (χ0) is 65.3. The van der Waals surface area contributed by atoms with E-state index in [1.165, 1.54) is 321 Å². The molecule has 0 aromatic rings. The van der Waals surface area contributed by atoms with Gasteiger partial charge in [0.25, 0.3) is 0 Å². The van der Waals surface area contributed by atoms with Gasteiger partial charge in [-0.3, -0.25) is 4.79 Å². The second-order valence-corrected chi connectivity index (χ2v) is 28.1. The number of nitrogens with one attached hydrogen (secondary N) is 1. The Kier molecular flexibility index (Phi) is 65.0. The van der Waals surface area contributed by atoms with E-state index in [0.29, 0.717) is 19.3 Å². The predicted octanol–water partition coefficient (Wildman–Crippen LogP) is 20.3. The lowest BCUT2D eigenvalue weighted by atomic mass is 9.98. The van der Waals surface area contributed by atoms with Crippen molar-refractivity contribution in [3.05, 3.63) is 24.3 Å². The molecule has 90 heavy (non-hydrogen) atoms. The first-order valence-corrected chi connectivity index (χ1v) is 39.7. The maximum absolute atomic E-state index is 13.3. The molecule has 0 aromatic heterocycles. The molecule has 1 heterocycles. The highest BCUT2D eigenvalue weighted by molar-refractivity contribution is 5.80. The standard InChI is InChI=1S/C79H153NO10/c1-3-5-7-9-11-13-15-17-19-21-23-25-27-29-31-33-35-37-39-41-43-45-47-49-51-53-55-57-59-61-63-65-67-72(83)78(88)80-70(69-89-79-77(87)76(86)75(85)73(68-81)90-79)74(84)71(82)66-64-62-60-58-56-54-52-50-48-46-44-42-40-38-36-34-32-30-28-26-24-22-20-18-16-14-12-10-8-6-4-2/h23,25,29,31,70-77,79,81-87H,3-22,24,26-28,30,32-69H2,1-2H3,(H,80,88)/b25-23-,31-29-. The van der Waals surface area contributed by atoms with Gasteiger partial charge in [0, 0.05) is 0 Å². The van der Waals surface area contributed by atoms with E-state index >= 15 is 0 Å². The molecule has 11 heteroatoms. The molecule has 0 radical (unpaired) electrons. The second-order valence-electron chi connectivity index (χ2n) is 28.1. The molecule has 9 atom stereocenters. The fraction of sp³-hybridized carbons (Fsp3) is 0.937. The fourth-order valence-electron chi connectivity index (χ4n) is 13.2. The van der Waals surface area contributed by atoms with Gasteiger partial charge in [-0.1, -0.05) is 385 Å². The largest absolute Gasteiger partial charge is 0.394 e. The van der Waals surface area contributed by atoms with E-state index in [0.717, 1.165) is 44.9 Å². The van der Waals surface area contributed by atoms with Crippen LogP contribution in [0.15, 0.2) is 24.3 Å². The van der Waals surface area contributed by atoms with Crippen molar-refractivity contribution in [1.82, 2.24) is 5.32 Å². The molecule has 534 valence electrons. The molecular weight excluding hydrogens is 1120 g/mol. The van der Waals surface area contributed by atoms with Gasteiger partial charge in [-0.2, -0.15) is 0 Å². The van der Waals surface area contributed by atoms with Crippen molar-refractivity contribution in [3.8, 4) is 0 Å². The number of allylic oxidation sites excluding steroid dienone is 4. The monoisotopic (exact) mass is 1280 g/mol. The number of unbranched alkanes of at least 4 members (excludes halogenated alkanes) is 55. The molecule has 1 fully saturated rings. The fourth-order valence-corrected chi connectivity index (χ4v) is 13.2. The van der Waals surface area contributed by atoms with Gasteiger partial charge < -0.3 is 50.5 Å². The summed E-state index contributed by atoms with van der Waals surface area (Å²) in [5, 5.41) is 76.8. The maximum atomic E-state index is 13.3. The van der Waals surface area contributed by atoms with E-state index in [4.69, 9.17) is 9.47 Å². The van der Waals surface area contributed by atoms with Gasteiger partial charge >= 0.3 is 0 Å². The summed E-state index contributed by atoms with van der Waals surface area (Å²) in [6.07, 6.45) is 75.7. The Labute approximate surface area is 556 Å². The Balaban J connectivity index is 2.14. The Morgan fingerprint density at radius 1 is 0.389 bits per heavy atom. The number of aliphatic hydroxyl groups is 7. The van der Waals surface area contributed by atoms with E-state index in [9.17, 15) is 40.5 Å². The molecular formula is C79H153NO10. The van der Waals surface area contributed by atoms with E-state index in [1.54, 1.807) is 0 Å². The van der Waals surface area contributed by atoms with Crippen molar-refractivity contribution >= 4 is 5.91 Å². The average Bonchev–Trinajstić information content (AvgIpc) is 1.35. The minimum Gasteiger partial charge on any atom is -0.394 e. The van der Waals surface area contributed by atoms with Crippen LogP contribution in [0.4, 0.5) is 0 Å². The number of amides is 1. The minimum atomic E-state index is -1.66. The quantitative estimate of drug-likeness (QED) is 0.0215. The number of carbonyl (C=O) groups is 1. The van der Waals surface area contributed by atoms with Crippen LogP contribution in [0.3, 0.4) is 0 Å². The van der Waals surface area contributed by atoms with Crippen LogP contribution in [0.1, 0.15) is 406 Å². The van der Waals surface area contributed by atoms with Gasteiger partial charge in [0.2, 0.25) is 5.91 Å². The van der Waals surface area contributed by atoms with Crippen molar-refractivity contribution in [2.45, 2.75) is 461 Å². The van der Waals surface area contributed by atoms with Crippen molar-refractivity contribution in [3.63, 3.8) is 0 Å². The average molecular weight is 1280 g/mol. The predicted molar refractivity (Wildman–Crippen MR) is 381 cm³/mol. The van der Waals surface area contributed by atoms with E-state index in [-0.39, 0.29) is 6.42 Å². The molecule has 1 amide bonds. The highest BCUT2D eigenvalue weighted by Gasteiger charge is 2.44. The molecule has 0 aliphatic carbocycles. The summed E-state index contributed by atoms with van der Waals surface area (Å²) in [7, 11) is 0. The number of rotatable bonds is 71. The Bertz CT molecular complexity index is 1510. The first kappa shape index (κ1) is 86.6. The smallest absolute Gasteiger partial charge is 0.249 e. The van der Waals surface area contributed by atoms with Crippen LogP contribution in [-0.4, -0.2) is 110 Å². The molecule has 0 aromatic carbocycles. The van der Waals surface area contributed by atoms with Gasteiger partial charge in [0.15, 0.2) is 6.29 Å². The van der Waals surface area contributed by atoms with Crippen LogP contribution in [0.2, 0.25) is 0 Å². The SMILES string of the molecule is CCCCCCCCCCC/C=C\C/C=C\CCCCCCCCCCCCCCCCCCC(O)C(=O)NC(COC1OC(CO)C(O)C(O)C1O)C(O)C(O)CCCCCCCCCCCCCCCCCCCCCCCCCCCCCCCCC. The van der Waals surface area contributed by atoms with Gasteiger partial charge in [-0.05, 0) is 44.9 Å². The molecule has 0 spiro atoms. The maximum Gasteiger partial charge on any atom is 0.249 e. The number of hydrogen-bond acceptors (Lipinski definition) is 10. The minimum absolute atomic E-state index is 0.263. The van der Waals surface area contributed by atoms with Crippen LogP contribution in [-0.2, 0) is 14.3 Å². The highest BCUT2D eigenvalue weighted by Crippen LogP contribution is 2.24. The van der Waals surface area contributed by atoms with E-state index < -0.39 is 74.2 Å². The summed E-state index contributed by atoms with van der Waals surface area (Å²) in [6, 6.07) is -1.17. The topological polar surface area (TPSA) is 189 Å². The highest BCUT2D eigenvalue weighted by atomic mass is 16.7. The van der Waals surface area contributed by atoms with Crippen LogP contribution >= 0.6 is 0 Å². The molecule has 11 nitrogen and oxygen atoms in total. The lowest BCUT2D eigenvalue weighted by molar-refractivity contribution is -0.303. The first-order chi connectivity index (χ1) is 44.2. The summed E-state index contributed by atoms with van der Waals surface area (Å²) in [5.74, 6) is -0.689. The molecule has 9 unspecified atom stereocenters. The third kappa shape index (κ3) is 53.8. The third-order valence-electron chi connectivity index (χ3n) is 19.5. The normalized spacial score (nSPS) is 18.5. The Hall–Kier alpha value is -1.41. The molecule has 1 aliphatic heterocycles. The molecule has 0 bridgehead atoms. The summed E-state index contributed by atoms with van der Waals surface area (Å²) in [4.78, 5) is 13.3. The van der Waals surface area contributed by atoms with Crippen LogP contribution < -0.4 is 5.32 Å². The van der Waals surface area contributed by atoms with Crippen molar-refractivity contribution in [1.29, 1.82) is 0 Å². The molecule has 1 saturated heterocycles. The first-order valence-electron chi connectivity index (χ1n) is 39.7. The zero-order valence-corrected chi connectivity index (χ0v) is 59.4. The van der Waals surface area contributed by atoms with Gasteiger partial charge in [0.05, 0.1) is 25.4 Å². The second kappa shape index (κ2) is 67.6. The molecule has 0 saturated carbocycles.